The predicted octanol–water partition coefficient (Wildman–Crippen LogP) is 6.50. The third kappa shape index (κ3) is 6.09. The topological polar surface area (TPSA) is 55.2 Å². The van der Waals surface area contributed by atoms with Crippen LogP contribution in [0.2, 0.25) is 0 Å². The van der Waals surface area contributed by atoms with Gasteiger partial charge < -0.3 is 9.57 Å². The Morgan fingerprint density at radius 3 is 2.32 bits per heavy atom. The van der Waals surface area contributed by atoms with Crippen LogP contribution in [0, 0.1) is 0 Å². The van der Waals surface area contributed by atoms with Crippen molar-refractivity contribution in [1.82, 2.24) is 5.43 Å². The Kier molecular flexibility index (Phi) is 10.1. The van der Waals surface area contributed by atoms with Gasteiger partial charge in [-0.3, -0.25) is 5.43 Å². The average Bonchev–Trinajstić information content (AvgIpc) is 3.38. The number of oxime groups is 1. The normalized spacial score (nSPS) is 16.5. The first kappa shape index (κ1) is 24.4. The van der Waals surface area contributed by atoms with E-state index in [1.165, 1.54) is 28.7 Å². The van der Waals surface area contributed by atoms with Gasteiger partial charge in [0, 0.05) is 24.5 Å². The molecule has 0 radical (unpaired) electrons. The molecule has 0 fully saturated rings. The van der Waals surface area contributed by atoms with Crippen molar-refractivity contribution in [2.75, 3.05) is 7.11 Å². The Morgan fingerprint density at radius 1 is 0.935 bits per heavy atom. The van der Waals surface area contributed by atoms with Crippen molar-refractivity contribution in [2.45, 2.75) is 73.0 Å². The molecule has 0 saturated heterocycles. The zero-order valence-corrected chi connectivity index (χ0v) is 19.9. The lowest BCUT2D eigenvalue weighted by molar-refractivity contribution is 0.171. The summed E-state index contributed by atoms with van der Waals surface area (Å²) in [5, 5.41) is 8.35. The van der Waals surface area contributed by atoms with E-state index in [0.717, 1.165) is 42.9 Å². The molecule has 2 aromatic carbocycles. The van der Waals surface area contributed by atoms with Crippen LogP contribution in [0.4, 0.5) is 0 Å². The standard InChI is InChI=1S/C22H25N3O2.2C2H6/c1-15-23-24-21(27-15)11-5-3-4-8-16-12-13-18-17-9-6-7-10-19(17)22(25-26-2)20(18)14-16;2*1-2/h6-7,9-10,12-14,21,24H,3-5,8,11H2,1-2H3;2*1-2H3/b25-22-;;. The summed E-state index contributed by atoms with van der Waals surface area (Å²) in [6, 6.07) is 15.1. The van der Waals surface area contributed by atoms with Crippen LogP contribution in [-0.2, 0) is 16.0 Å². The number of benzene rings is 2. The van der Waals surface area contributed by atoms with Gasteiger partial charge in [0.15, 0.2) is 6.23 Å². The maximum atomic E-state index is 5.56. The molecule has 5 heteroatoms. The van der Waals surface area contributed by atoms with Crippen molar-refractivity contribution >= 4 is 11.6 Å². The Bertz CT molecular complexity index is 890. The number of nitrogens with zero attached hydrogens (tertiary/aromatic N) is 2. The SMILES string of the molecule is CC.CC.CO/N=C1/c2ccccc2-c2ccc(CCCCCC3NN=C(C)O3)cc21. The van der Waals surface area contributed by atoms with E-state index >= 15 is 0 Å². The fourth-order valence-electron chi connectivity index (χ4n) is 3.82. The van der Waals surface area contributed by atoms with Crippen molar-refractivity contribution < 1.29 is 9.57 Å². The molecular weight excluding hydrogens is 386 g/mol. The van der Waals surface area contributed by atoms with Crippen LogP contribution in [0.25, 0.3) is 11.1 Å². The predicted molar refractivity (Wildman–Crippen MR) is 131 cm³/mol. The molecule has 2 aromatic rings. The van der Waals surface area contributed by atoms with Crippen molar-refractivity contribution in [3.8, 4) is 11.1 Å². The van der Waals surface area contributed by atoms with Crippen LogP contribution in [0.5, 0.6) is 0 Å². The Hall–Kier alpha value is -2.82. The molecule has 31 heavy (non-hydrogen) atoms. The van der Waals surface area contributed by atoms with E-state index in [4.69, 9.17) is 9.57 Å². The summed E-state index contributed by atoms with van der Waals surface area (Å²) in [6.07, 6.45) is 5.58. The van der Waals surface area contributed by atoms with Gasteiger partial charge >= 0.3 is 0 Å². The summed E-state index contributed by atoms with van der Waals surface area (Å²) in [7, 11) is 1.60. The lowest BCUT2D eigenvalue weighted by Gasteiger charge is -2.10. The number of hydrogen-bond acceptors (Lipinski definition) is 5. The largest absolute Gasteiger partial charge is 0.455 e. The van der Waals surface area contributed by atoms with E-state index in [-0.39, 0.29) is 6.23 Å². The van der Waals surface area contributed by atoms with E-state index in [1.807, 2.05) is 40.7 Å². The number of hydrogen-bond donors (Lipinski definition) is 1. The van der Waals surface area contributed by atoms with Crippen LogP contribution in [0.15, 0.2) is 52.7 Å². The third-order valence-electron chi connectivity index (χ3n) is 5.10. The molecule has 0 spiro atoms. The van der Waals surface area contributed by atoms with Gasteiger partial charge in [0.05, 0.1) is 0 Å². The molecule has 1 atom stereocenters. The Balaban J connectivity index is 0.000000807. The number of ether oxygens (including phenoxy) is 1. The number of rotatable bonds is 7. The molecule has 0 bridgehead atoms. The quantitative estimate of drug-likeness (QED) is 0.348. The zero-order chi connectivity index (χ0) is 22.6. The molecular formula is C26H37N3O2. The van der Waals surface area contributed by atoms with E-state index in [2.05, 4.69) is 52.1 Å². The van der Waals surface area contributed by atoms with Crippen molar-refractivity contribution in [3.05, 3.63) is 59.2 Å². The van der Waals surface area contributed by atoms with E-state index in [1.54, 1.807) is 7.11 Å². The van der Waals surface area contributed by atoms with Gasteiger partial charge in [0.25, 0.3) is 0 Å². The summed E-state index contributed by atoms with van der Waals surface area (Å²) in [5.41, 5.74) is 10.1. The molecule has 2 aliphatic rings. The zero-order valence-electron chi connectivity index (χ0n) is 19.9. The lowest BCUT2D eigenvalue weighted by atomic mass is 9.99. The van der Waals surface area contributed by atoms with Gasteiger partial charge in [-0.05, 0) is 42.0 Å². The summed E-state index contributed by atoms with van der Waals surface area (Å²) in [6.45, 7) is 9.88. The fourth-order valence-corrected chi connectivity index (χ4v) is 3.82. The number of unbranched alkanes of at least 4 members (excludes halogenated alkanes) is 2. The number of fused-ring (bicyclic) bond motifs is 3. The van der Waals surface area contributed by atoms with Gasteiger partial charge in [-0.25, -0.2) is 0 Å². The minimum atomic E-state index is 0.0521. The summed E-state index contributed by atoms with van der Waals surface area (Å²) >= 11 is 0. The highest BCUT2D eigenvalue weighted by molar-refractivity contribution is 6.24. The Labute approximate surface area is 187 Å². The maximum Gasteiger partial charge on any atom is 0.204 e. The fraction of sp³-hybridized carbons (Fsp3) is 0.462. The van der Waals surface area contributed by atoms with Crippen LogP contribution in [-0.4, -0.2) is 24.9 Å². The van der Waals surface area contributed by atoms with Crippen LogP contribution in [0.3, 0.4) is 0 Å². The minimum absolute atomic E-state index is 0.0521. The molecule has 0 amide bonds. The molecule has 5 nitrogen and oxygen atoms in total. The van der Waals surface area contributed by atoms with E-state index < -0.39 is 0 Å². The van der Waals surface area contributed by atoms with E-state index in [9.17, 15) is 0 Å². The summed E-state index contributed by atoms with van der Waals surface area (Å²) < 4.78 is 5.56. The molecule has 1 N–H and O–H groups in total. The molecule has 4 rings (SSSR count). The van der Waals surface area contributed by atoms with E-state index in [0.29, 0.717) is 0 Å². The Morgan fingerprint density at radius 2 is 1.65 bits per heavy atom. The molecule has 0 aromatic heterocycles. The van der Waals surface area contributed by atoms with Crippen molar-refractivity contribution in [1.29, 1.82) is 0 Å². The highest BCUT2D eigenvalue weighted by atomic mass is 16.6. The van der Waals surface area contributed by atoms with Crippen LogP contribution >= 0.6 is 0 Å². The van der Waals surface area contributed by atoms with Crippen molar-refractivity contribution in [2.24, 2.45) is 10.3 Å². The summed E-state index contributed by atoms with van der Waals surface area (Å²) in [5.74, 6) is 0.729. The maximum absolute atomic E-state index is 5.56. The average molecular weight is 424 g/mol. The van der Waals surface area contributed by atoms with Crippen LogP contribution < -0.4 is 5.43 Å². The number of hydrazone groups is 1. The van der Waals surface area contributed by atoms with Gasteiger partial charge in [0.2, 0.25) is 5.90 Å². The first-order chi connectivity index (χ1) is 15.3. The van der Waals surface area contributed by atoms with Gasteiger partial charge in [-0.15, -0.1) is 5.10 Å². The highest BCUT2D eigenvalue weighted by Crippen LogP contribution is 2.37. The second kappa shape index (κ2) is 12.8. The molecule has 1 heterocycles. The molecule has 1 aliphatic heterocycles. The van der Waals surface area contributed by atoms with Gasteiger partial charge in [-0.1, -0.05) is 75.7 Å². The first-order valence-electron chi connectivity index (χ1n) is 11.6. The number of aryl methyl sites for hydroxylation is 1. The van der Waals surface area contributed by atoms with Gasteiger partial charge in [0.1, 0.15) is 12.8 Å². The molecule has 1 unspecified atom stereocenters. The molecule has 168 valence electrons. The minimum Gasteiger partial charge on any atom is -0.455 e. The second-order valence-corrected chi connectivity index (χ2v) is 7.01. The monoisotopic (exact) mass is 423 g/mol. The lowest BCUT2D eigenvalue weighted by Crippen LogP contribution is -2.21. The second-order valence-electron chi connectivity index (χ2n) is 7.01. The smallest absolute Gasteiger partial charge is 0.204 e. The highest BCUT2D eigenvalue weighted by Gasteiger charge is 2.25. The third-order valence-corrected chi connectivity index (χ3v) is 5.10. The van der Waals surface area contributed by atoms with Gasteiger partial charge in [-0.2, -0.15) is 0 Å². The molecule has 0 saturated carbocycles. The molecule has 1 aliphatic carbocycles. The van der Waals surface area contributed by atoms with Crippen LogP contribution in [0.1, 0.15) is 77.0 Å². The summed E-state index contributed by atoms with van der Waals surface area (Å²) in [4.78, 5) is 5.11. The first-order valence-corrected chi connectivity index (χ1v) is 11.6. The van der Waals surface area contributed by atoms with Crippen molar-refractivity contribution in [3.63, 3.8) is 0 Å². The number of nitrogens with one attached hydrogen (secondary N) is 1.